The van der Waals surface area contributed by atoms with Crippen LogP contribution in [0.1, 0.15) is 39.4 Å². The van der Waals surface area contributed by atoms with Crippen molar-refractivity contribution in [2.75, 3.05) is 32.8 Å². The van der Waals surface area contributed by atoms with Gasteiger partial charge in [-0.2, -0.15) is 0 Å². The average Bonchev–Trinajstić information content (AvgIpc) is 3.27. The Labute approximate surface area is 168 Å². The Morgan fingerprint density at radius 3 is 2.96 bits per heavy atom. The third-order valence-electron chi connectivity index (χ3n) is 4.99. The minimum atomic E-state index is 0. The smallest absolute Gasteiger partial charge is 0.194 e. The van der Waals surface area contributed by atoms with Crippen LogP contribution in [0.5, 0.6) is 0 Å². The van der Waals surface area contributed by atoms with Crippen LogP contribution < -0.4 is 5.32 Å². The largest absolute Gasteiger partial charge is 0.381 e. The molecule has 0 amide bonds. The number of imidazole rings is 1. The molecule has 1 atom stereocenters. The van der Waals surface area contributed by atoms with Gasteiger partial charge < -0.3 is 19.5 Å². The van der Waals surface area contributed by atoms with E-state index in [-0.39, 0.29) is 24.0 Å². The molecule has 142 valence electrons. The van der Waals surface area contributed by atoms with Crippen molar-refractivity contribution in [3.8, 4) is 0 Å². The first-order valence-corrected chi connectivity index (χ1v) is 9.23. The Kier molecular flexibility index (Phi) is 7.54. The first kappa shape index (κ1) is 20.5. The number of rotatable bonds is 5. The van der Waals surface area contributed by atoms with Crippen LogP contribution >= 0.6 is 24.0 Å². The zero-order chi connectivity index (χ0) is 17.0. The fraction of sp³-hybridized carbons (Fsp3) is 0.778. The van der Waals surface area contributed by atoms with Gasteiger partial charge in [0.25, 0.3) is 0 Å². The van der Waals surface area contributed by atoms with E-state index in [1.807, 2.05) is 6.20 Å². The van der Waals surface area contributed by atoms with Crippen molar-refractivity contribution >= 4 is 29.9 Å². The highest BCUT2D eigenvalue weighted by molar-refractivity contribution is 14.0. The molecule has 0 aliphatic carbocycles. The number of aliphatic imine (C=N–C) groups is 1. The summed E-state index contributed by atoms with van der Waals surface area (Å²) < 4.78 is 7.86. The fourth-order valence-corrected chi connectivity index (χ4v) is 3.71. The van der Waals surface area contributed by atoms with Gasteiger partial charge in [0.1, 0.15) is 12.4 Å². The number of aromatic nitrogens is 2. The van der Waals surface area contributed by atoms with Crippen LogP contribution in [-0.4, -0.2) is 53.3 Å². The topological polar surface area (TPSA) is 54.7 Å². The molecule has 0 bridgehead atoms. The van der Waals surface area contributed by atoms with Crippen LogP contribution in [0.3, 0.4) is 0 Å². The standard InChI is InChI=1S/C18H31N5O.HI/c1-4-19-17(23-8-5-18(13-23)6-10-24-14-18)21-11-16-20-7-9-22(16)12-15(2)3;/h7,9,15H,4-6,8,10-14H2,1-3H3,(H,19,21);1H. The number of ether oxygens (including phenoxy) is 1. The monoisotopic (exact) mass is 461 g/mol. The summed E-state index contributed by atoms with van der Waals surface area (Å²) >= 11 is 0. The Balaban J connectivity index is 0.00000225. The second kappa shape index (κ2) is 9.21. The van der Waals surface area contributed by atoms with Crippen LogP contribution in [0, 0.1) is 11.3 Å². The minimum Gasteiger partial charge on any atom is -0.381 e. The van der Waals surface area contributed by atoms with Gasteiger partial charge in [0.15, 0.2) is 5.96 Å². The molecule has 1 aromatic heterocycles. The van der Waals surface area contributed by atoms with E-state index < -0.39 is 0 Å². The lowest BCUT2D eigenvalue weighted by atomic mass is 9.87. The molecular weight excluding hydrogens is 429 g/mol. The van der Waals surface area contributed by atoms with Gasteiger partial charge in [0.2, 0.25) is 0 Å². The maximum absolute atomic E-state index is 5.64. The molecule has 3 rings (SSSR count). The van der Waals surface area contributed by atoms with Gasteiger partial charge in [0, 0.05) is 50.6 Å². The molecule has 0 radical (unpaired) electrons. The Morgan fingerprint density at radius 2 is 2.28 bits per heavy atom. The Morgan fingerprint density at radius 1 is 1.44 bits per heavy atom. The Hall–Kier alpha value is -0.830. The predicted octanol–water partition coefficient (Wildman–Crippen LogP) is 2.74. The SMILES string of the molecule is CCNC(=NCc1nccn1CC(C)C)N1CCC2(CCOC2)C1.I. The van der Waals surface area contributed by atoms with E-state index in [9.17, 15) is 0 Å². The normalized spacial score (nSPS) is 23.5. The molecule has 1 aromatic rings. The fourth-order valence-electron chi connectivity index (χ4n) is 3.71. The van der Waals surface area contributed by atoms with E-state index in [2.05, 4.69) is 46.7 Å². The summed E-state index contributed by atoms with van der Waals surface area (Å²) in [6.07, 6.45) is 6.32. The van der Waals surface area contributed by atoms with Crippen LogP contribution in [0.15, 0.2) is 17.4 Å². The van der Waals surface area contributed by atoms with Gasteiger partial charge in [-0.1, -0.05) is 13.8 Å². The van der Waals surface area contributed by atoms with E-state index in [0.29, 0.717) is 17.9 Å². The van der Waals surface area contributed by atoms with Crippen LogP contribution in [0.25, 0.3) is 0 Å². The highest BCUT2D eigenvalue weighted by Gasteiger charge is 2.42. The van der Waals surface area contributed by atoms with Crippen molar-refractivity contribution in [3.05, 3.63) is 18.2 Å². The molecule has 2 saturated heterocycles. The molecule has 7 heteroatoms. The average molecular weight is 461 g/mol. The van der Waals surface area contributed by atoms with Crippen LogP contribution in [0.4, 0.5) is 0 Å². The molecule has 2 fully saturated rings. The third kappa shape index (κ3) is 5.09. The number of likely N-dealkylation sites (tertiary alicyclic amines) is 1. The maximum Gasteiger partial charge on any atom is 0.194 e. The summed E-state index contributed by atoms with van der Waals surface area (Å²) in [7, 11) is 0. The summed E-state index contributed by atoms with van der Waals surface area (Å²) in [6.45, 7) is 13.0. The zero-order valence-electron chi connectivity index (χ0n) is 15.7. The highest BCUT2D eigenvalue weighted by atomic mass is 127. The lowest BCUT2D eigenvalue weighted by Crippen LogP contribution is -2.41. The minimum absolute atomic E-state index is 0. The zero-order valence-corrected chi connectivity index (χ0v) is 18.0. The van der Waals surface area contributed by atoms with Gasteiger partial charge in [0.05, 0.1) is 6.61 Å². The van der Waals surface area contributed by atoms with Crippen molar-refractivity contribution in [2.45, 2.75) is 46.7 Å². The van der Waals surface area contributed by atoms with Gasteiger partial charge in [-0.3, -0.25) is 0 Å². The molecule has 25 heavy (non-hydrogen) atoms. The number of nitrogens with zero attached hydrogens (tertiary/aromatic N) is 4. The number of guanidine groups is 1. The highest BCUT2D eigenvalue weighted by Crippen LogP contribution is 2.38. The molecule has 1 unspecified atom stereocenters. The number of hydrogen-bond donors (Lipinski definition) is 1. The van der Waals surface area contributed by atoms with Crippen molar-refractivity contribution < 1.29 is 4.74 Å². The second-order valence-corrected chi connectivity index (χ2v) is 7.53. The molecule has 2 aliphatic rings. The lowest BCUT2D eigenvalue weighted by molar-refractivity contribution is 0.156. The summed E-state index contributed by atoms with van der Waals surface area (Å²) in [5.41, 5.74) is 0.353. The van der Waals surface area contributed by atoms with E-state index >= 15 is 0 Å². The summed E-state index contributed by atoms with van der Waals surface area (Å²) in [4.78, 5) is 11.8. The number of nitrogens with one attached hydrogen (secondary N) is 1. The van der Waals surface area contributed by atoms with Gasteiger partial charge in [-0.05, 0) is 25.7 Å². The van der Waals surface area contributed by atoms with E-state index in [1.165, 1.54) is 12.8 Å². The van der Waals surface area contributed by atoms with Crippen molar-refractivity contribution in [1.29, 1.82) is 0 Å². The number of halogens is 1. The quantitative estimate of drug-likeness (QED) is 0.416. The van der Waals surface area contributed by atoms with Crippen molar-refractivity contribution in [1.82, 2.24) is 19.8 Å². The molecule has 2 aliphatic heterocycles. The maximum atomic E-state index is 5.64. The lowest BCUT2D eigenvalue weighted by Gasteiger charge is -2.25. The summed E-state index contributed by atoms with van der Waals surface area (Å²) in [5.74, 6) is 2.66. The molecule has 6 nitrogen and oxygen atoms in total. The summed E-state index contributed by atoms with van der Waals surface area (Å²) in [6, 6.07) is 0. The van der Waals surface area contributed by atoms with Gasteiger partial charge >= 0.3 is 0 Å². The molecule has 0 saturated carbocycles. The molecule has 1 N–H and O–H groups in total. The van der Waals surface area contributed by atoms with Gasteiger partial charge in [-0.15, -0.1) is 24.0 Å². The molecule has 1 spiro atoms. The van der Waals surface area contributed by atoms with Gasteiger partial charge in [-0.25, -0.2) is 9.98 Å². The van der Waals surface area contributed by atoms with E-state index in [1.54, 1.807) is 0 Å². The molecular formula is C18H32IN5O. The van der Waals surface area contributed by atoms with Crippen molar-refractivity contribution in [2.24, 2.45) is 16.3 Å². The summed E-state index contributed by atoms with van der Waals surface area (Å²) in [5, 5.41) is 3.45. The van der Waals surface area contributed by atoms with E-state index in [0.717, 1.165) is 51.2 Å². The molecule has 0 aromatic carbocycles. The first-order chi connectivity index (χ1) is 11.6. The van der Waals surface area contributed by atoms with Crippen LogP contribution in [-0.2, 0) is 17.8 Å². The van der Waals surface area contributed by atoms with E-state index in [4.69, 9.17) is 9.73 Å². The molecule has 3 heterocycles. The predicted molar refractivity (Wildman–Crippen MR) is 111 cm³/mol. The van der Waals surface area contributed by atoms with Crippen LogP contribution in [0.2, 0.25) is 0 Å². The second-order valence-electron chi connectivity index (χ2n) is 7.53. The van der Waals surface area contributed by atoms with Crippen molar-refractivity contribution in [3.63, 3.8) is 0 Å². The first-order valence-electron chi connectivity index (χ1n) is 9.23. The third-order valence-corrected chi connectivity index (χ3v) is 4.99. The Bertz CT molecular complexity index is 566. The number of hydrogen-bond acceptors (Lipinski definition) is 3.